The Hall–Kier alpha value is -0.430. The Kier molecular flexibility index (Phi) is 4.97. The molecule has 1 fully saturated rings. The van der Waals surface area contributed by atoms with E-state index in [2.05, 4.69) is 37.9 Å². The van der Waals surface area contributed by atoms with Crippen LogP contribution in [0.1, 0.15) is 32.1 Å². The first-order valence-electron chi connectivity index (χ1n) is 6.23. The first-order valence-corrected chi connectivity index (χ1v) is 7.31. The first kappa shape index (κ1) is 13.0. The van der Waals surface area contributed by atoms with Gasteiger partial charge < -0.3 is 11.1 Å². The first-order chi connectivity index (χ1) is 8.29. The Morgan fingerprint density at radius 1 is 1.29 bits per heavy atom. The molecular weight excluding hydrogens is 327 g/mol. The van der Waals surface area contributed by atoms with Crippen LogP contribution in [0, 0.1) is 9.49 Å². The molecule has 94 valence electrons. The standard InChI is InChI=1S/C12H19IN4/c13-10-7-15-12(16-8-10)17-11(6-14)9-4-2-1-3-5-9/h7-9,11H,1-6,14H2,(H,15,16,17). The van der Waals surface area contributed by atoms with Gasteiger partial charge in [0.25, 0.3) is 0 Å². The summed E-state index contributed by atoms with van der Waals surface area (Å²) < 4.78 is 1.05. The van der Waals surface area contributed by atoms with Crippen molar-refractivity contribution in [2.75, 3.05) is 11.9 Å². The third-order valence-electron chi connectivity index (χ3n) is 3.41. The average molecular weight is 346 g/mol. The van der Waals surface area contributed by atoms with Gasteiger partial charge in [-0.2, -0.15) is 0 Å². The highest BCUT2D eigenvalue weighted by Gasteiger charge is 2.22. The molecule has 1 aromatic heterocycles. The molecule has 0 aliphatic heterocycles. The third kappa shape index (κ3) is 3.77. The predicted octanol–water partition coefficient (Wildman–Crippen LogP) is 2.40. The van der Waals surface area contributed by atoms with E-state index < -0.39 is 0 Å². The number of hydrogen-bond acceptors (Lipinski definition) is 4. The molecule has 1 aliphatic carbocycles. The molecule has 1 atom stereocenters. The molecule has 1 saturated carbocycles. The molecule has 0 aromatic carbocycles. The highest BCUT2D eigenvalue weighted by molar-refractivity contribution is 14.1. The van der Waals surface area contributed by atoms with Crippen molar-refractivity contribution in [1.29, 1.82) is 0 Å². The zero-order chi connectivity index (χ0) is 12.1. The van der Waals surface area contributed by atoms with Crippen LogP contribution in [-0.4, -0.2) is 22.6 Å². The van der Waals surface area contributed by atoms with Crippen LogP contribution < -0.4 is 11.1 Å². The second-order valence-corrected chi connectivity index (χ2v) is 5.86. The zero-order valence-corrected chi connectivity index (χ0v) is 12.1. The minimum Gasteiger partial charge on any atom is -0.350 e. The quantitative estimate of drug-likeness (QED) is 0.822. The highest BCUT2D eigenvalue weighted by Crippen LogP contribution is 2.27. The summed E-state index contributed by atoms with van der Waals surface area (Å²) in [6, 6.07) is 0.315. The molecule has 0 amide bonds. The lowest BCUT2D eigenvalue weighted by Gasteiger charge is -2.29. The molecule has 4 nitrogen and oxygen atoms in total. The van der Waals surface area contributed by atoms with Crippen molar-refractivity contribution in [2.45, 2.75) is 38.1 Å². The Balaban J connectivity index is 1.96. The van der Waals surface area contributed by atoms with E-state index in [0.29, 0.717) is 24.5 Å². The fourth-order valence-corrected chi connectivity index (χ4v) is 2.74. The van der Waals surface area contributed by atoms with Gasteiger partial charge in [-0.15, -0.1) is 0 Å². The zero-order valence-electron chi connectivity index (χ0n) is 9.90. The second-order valence-electron chi connectivity index (χ2n) is 4.61. The molecule has 1 aromatic rings. The van der Waals surface area contributed by atoms with Gasteiger partial charge >= 0.3 is 0 Å². The molecule has 1 aliphatic rings. The number of rotatable bonds is 4. The van der Waals surface area contributed by atoms with Crippen LogP contribution in [0.15, 0.2) is 12.4 Å². The van der Waals surface area contributed by atoms with E-state index >= 15 is 0 Å². The number of aromatic nitrogens is 2. The van der Waals surface area contributed by atoms with Gasteiger partial charge in [0.15, 0.2) is 0 Å². The summed E-state index contributed by atoms with van der Waals surface area (Å²) in [5, 5.41) is 3.38. The average Bonchev–Trinajstić information content (AvgIpc) is 2.39. The van der Waals surface area contributed by atoms with E-state index in [1.807, 2.05) is 12.4 Å². The smallest absolute Gasteiger partial charge is 0.222 e. The number of halogens is 1. The number of anilines is 1. The van der Waals surface area contributed by atoms with Gasteiger partial charge in [0, 0.05) is 28.6 Å². The molecule has 0 spiro atoms. The lowest BCUT2D eigenvalue weighted by molar-refractivity contribution is 0.320. The van der Waals surface area contributed by atoms with Crippen LogP contribution in [0.25, 0.3) is 0 Å². The lowest BCUT2D eigenvalue weighted by atomic mass is 9.84. The van der Waals surface area contributed by atoms with Crippen LogP contribution in [0.5, 0.6) is 0 Å². The Labute approximate surface area is 116 Å². The minimum absolute atomic E-state index is 0.315. The summed E-state index contributed by atoms with van der Waals surface area (Å²) >= 11 is 2.21. The normalized spacial score (nSPS) is 18.9. The summed E-state index contributed by atoms with van der Waals surface area (Å²) in [4.78, 5) is 8.55. The van der Waals surface area contributed by atoms with Crippen LogP contribution >= 0.6 is 22.6 Å². The molecular formula is C12H19IN4. The summed E-state index contributed by atoms with van der Waals surface area (Å²) in [5.41, 5.74) is 5.86. The maximum Gasteiger partial charge on any atom is 0.222 e. The van der Waals surface area contributed by atoms with Gasteiger partial charge in [-0.05, 0) is 41.4 Å². The van der Waals surface area contributed by atoms with Gasteiger partial charge in [0.05, 0.1) is 0 Å². The summed E-state index contributed by atoms with van der Waals surface area (Å²) in [5.74, 6) is 1.38. The van der Waals surface area contributed by atoms with E-state index in [1.54, 1.807) is 0 Å². The molecule has 0 saturated heterocycles. The van der Waals surface area contributed by atoms with Crippen molar-refractivity contribution in [3.8, 4) is 0 Å². The van der Waals surface area contributed by atoms with Crippen molar-refractivity contribution in [2.24, 2.45) is 11.7 Å². The van der Waals surface area contributed by atoms with Gasteiger partial charge in [0.2, 0.25) is 5.95 Å². The van der Waals surface area contributed by atoms with Crippen LogP contribution in [0.4, 0.5) is 5.95 Å². The third-order valence-corrected chi connectivity index (χ3v) is 3.96. The number of nitrogens with zero attached hydrogens (tertiary/aromatic N) is 2. The van der Waals surface area contributed by atoms with E-state index in [-0.39, 0.29) is 0 Å². The van der Waals surface area contributed by atoms with Gasteiger partial charge in [-0.3, -0.25) is 0 Å². The maximum absolute atomic E-state index is 5.86. The molecule has 0 bridgehead atoms. The summed E-state index contributed by atoms with van der Waals surface area (Å²) in [7, 11) is 0. The van der Waals surface area contributed by atoms with E-state index in [1.165, 1.54) is 32.1 Å². The van der Waals surface area contributed by atoms with Gasteiger partial charge in [-0.1, -0.05) is 19.3 Å². The fourth-order valence-electron chi connectivity index (χ4n) is 2.46. The van der Waals surface area contributed by atoms with Crippen LogP contribution in [0.3, 0.4) is 0 Å². The Morgan fingerprint density at radius 3 is 2.53 bits per heavy atom. The molecule has 2 rings (SSSR count). The Morgan fingerprint density at radius 2 is 1.94 bits per heavy atom. The number of nitrogens with one attached hydrogen (secondary N) is 1. The monoisotopic (exact) mass is 346 g/mol. The molecule has 5 heteroatoms. The lowest BCUT2D eigenvalue weighted by Crippen LogP contribution is -2.37. The number of nitrogens with two attached hydrogens (primary N) is 1. The minimum atomic E-state index is 0.315. The molecule has 1 heterocycles. The van der Waals surface area contributed by atoms with Crippen molar-refractivity contribution >= 4 is 28.5 Å². The fraction of sp³-hybridized carbons (Fsp3) is 0.667. The van der Waals surface area contributed by atoms with Gasteiger partial charge in [0.1, 0.15) is 0 Å². The van der Waals surface area contributed by atoms with Crippen LogP contribution in [-0.2, 0) is 0 Å². The largest absolute Gasteiger partial charge is 0.350 e. The summed E-state index contributed by atoms with van der Waals surface area (Å²) in [6.45, 7) is 0.653. The second kappa shape index (κ2) is 6.49. The molecule has 1 unspecified atom stereocenters. The van der Waals surface area contributed by atoms with E-state index in [9.17, 15) is 0 Å². The van der Waals surface area contributed by atoms with Crippen molar-refractivity contribution in [3.63, 3.8) is 0 Å². The van der Waals surface area contributed by atoms with Crippen molar-refractivity contribution in [3.05, 3.63) is 16.0 Å². The van der Waals surface area contributed by atoms with Crippen molar-refractivity contribution < 1.29 is 0 Å². The SMILES string of the molecule is NCC(Nc1ncc(I)cn1)C1CCCCC1. The van der Waals surface area contributed by atoms with Gasteiger partial charge in [-0.25, -0.2) is 9.97 Å². The molecule has 17 heavy (non-hydrogen) atoms. The van der Waals surface area contributed by atoms with Crippen LogP contribution in [0.2, 0.25) is 0 Å². The van der Waals surface area contributed by atoms with Crippen molar-refractivity contribution in [1.82, 2.24) is 9.97 Å². The number of hydrogen-bond donors (Lipinski definition) is 2. The van der Waals surface area contributed by atoms with E-state index in [0.717, 1.165) is 3.57 Å². The Bertz CT molecular complexity index is 335. The summed E-state index contributed by atoms with van der Waals surface area (Å²) in [6.07, 6.45) is 10.2. The molecule has 3 N–H and O–H groups in total. The topological polar surface area (TPSA) is 63.8 Å². The molecule has 0 radical (unpaired) electrons. The maximum atomic E-state index is 5.86. The predicted molar refractivity (Wildman–Crippen MR) is 77.8 cm³/mol. The highest BCUT2D eigenvalue weighted by atomic mass is 127. The van der Waals surface area contributed by atoms with E-state index in [4.69, 9.17) is 5.73 Å².